The van der Waals surface area contributed by atoms with E-state index in [-0.39, 0.29) is 11.3 Å². The third-order valence-electron chi connectivity index (χ3n) is 3.70. The Morgan fingerprint density at radius 1 is 1.23 bits per heavy atom. The molecule has 3 rings (SSSR count). The van der Waals surface area contributed by atoms with Crippen LogP contribution in [0.5, 0.6) is 5.75 Å². The van der Waals surface area contributed by atoms with Crippen molar-refractivity contribution in [1.29, 1.82) is 0 Å². The second-order valence-electron chi connectivity index (χ2n) is 5.41. The molecule has 0 atom stereocenters. The van der Waals surface area contributed by atoms with Crippen molar-refractivity contribution in [3.63, 3.8) is 0 Å². The Bertz CT molecular complexity index is 967. The molecule has 8 heteroatoms. The Balaban J connectivity index is 1.81. The standard InChI is InChI=1S/C18H15N3O4S/c1-11-16(12-6-8-15(25-2)9-7-12)19-18(26-11)20-17(22)13-4-3-5-14(10-13)21(23)24/h3-10H,1-2H3,(H,19,20,22). The fraction of sp³-hybridized carbons (Fsp3) is 0.111. The SMILES string of the molecule is COc1ccc(-c2nc(NC(=O)c3cccc([N+](=O)[O-])c3)sc2C)cc1. The number of anilines is 1. The molecule has 0 saturated heterocycles. The number of thiazole rings is 1. The minimum atomic E-state index is -0.536. The van der Waals surface area contributed by atoms with E-state index in [0.717, 1.165) is 21.9 Å². The fourth-order valence-electron chi connectivity index (χ4n) is 2.40. The van der Waals surface area contributed by atoms with Gasteiger partial charge >= 0.3 is 0 Å². The van der Waals surface area contributed by atoms with Crippen molar-refractivity contribution in [3.05, 3.63) is 69.1 Å². The van der Waals surface area contributed by atoms with Gasteiger partial charge in [-0.3, -0.25) is 20.2 Å². The molecule has 1 aromatic heterocycles. The lowest BCUT2D eigenvalue weighted by Crippen LogP contribution is -2.11. The van der Waals surface area contributed by atoms with Gasteiger partial charge in [-0.15, -0.1) is 11.3 Å². The monoisotopic (exact) mass is 369 g/mol. The lowest BCUT2D eigenvalue weighted by Gasteiger charge is -2.02. The molecule has 0 spiro atoms. The van der Waals surface area contributed by atoms with Gasteiger partial charge in [0.25, 0.3) is 11.6 Å². The maximum Gasteiger partial charge on any atom is 0.270 e. The number of ether oxygens (including phenoxy) is 1. The highest BCUT2D eigenvalue weighted by Gasteiger charge is 2.15. The lowest BCUT2D eigenvalue weighted by atomic mass is 10.1. The average molecular weight is 369 g/mol. The molecule has 1 N–H and O–H groups in total. The molecule has 0 aliphatic rings. The fourth-order valence-corrected chi connectivity index (χ4v) is 3.23. The van der Waals surface area contributed by atoms with E-state index in [2.05, 4.69) is 10.3 Å². The van der Waals surface area contributed by atoms with Crippen molar-refractivity contribution in [2.24, 2.45) is 0 Å². The number of methoxy groups -OCH3 is 1. The summed E-state index contributed by atoms with van der Waals surface area (Å²) in [4.78, 5) is 28.1. The van der Waals surface area contributed by atoms with Crippen molar-refractivity contribution >= 4 is 28.1 Å². The van der Waals surface area contributed by atoms with E-state index in [1.807, 2.05) is 31.2 Å². The number of nitrogens with zero attached hydrogens (tertiary/aromatic N) is 2. The number of benzene rings is 2. The van der Waals surface area contributed by atoms with E-state index in [9.17, 15) is 14.9 Å². The van der Waals surface area contributed by atoms with Crippen LogP contribution in [-0.4, -0.2) is 22.9 Å². The second-order valence-corrected chi connectivity index (χ2v) is 6.62. The third-order valence-corrected chi connectivity index (χ3v) is 4.59. The van der Waals surface area contributed by atoms with Gasteiger partial charge in [0.1, 0.15) is 5.75 Å². The maximum atomic E-state index is 12.3. The van der Waals surface area contributed by atoms with Crippen molar-refractivity contribution in [2.75, 3.05) is 12.4 Å². The van der Waals surface area contributed by atoms with Crippen LogP contribution in [-0.2, 0) is 0 Å². The first-order valence-corrected chi connectivity index (χ1v) is 8.47. The molecule has 132 valence electrons. The van der Waals surface area contributed by atoms with Gasteiger partial charge < -0.3 is 4.74 Å². The number of hydrogen-bond donors (Lipinski definition) is 1. The van der Waals surface area contributed by atoms with E-state index in [4.69, 9.17) is 4.74 Å². The van der Waals surface area contributed by atoms with Crippen molar-refractivity contribution in [1.82, 2.24) is 4.98 Å². The molecule has 0 fully saturated rings. The van der Waals surface area contributed by atoms with Crippen molar-refractivity contribution < 1.29 is 14.5 Å². The number of nitro groups is 1. The molecule has 7 nitrogen and oxygen atoms in total. The first-order chi connectivity index (χ1) is 12.5. The third kappa shape index (κ3) is 3.70. The zero-order chi connectivity index (χ0) is 18.7. The normalized spacial score (nSPS) is 10.4. The van der Waals surface area contributed by atoms with Crippen LogP contribution in [0.3, 0.4) is 0 Å². The summed E-state index contributed by atoms with van der Waals surface area (Å²) in [5, 5.41) is 14.0. The van der Waals surface area contributed by atoms with E-state index in [0.29, 0.717) is 5.13 Å². The van der Waals surface area contributed by atoms with Gasteiger partial charge in [-0.1, -0.05) is 6.07 Å². The quantitative estimate of drug-likeness (QED) is 0.535. The first-order valence-electron chi connectivity index (χ1n) is 7.65. The topological polar surface area (TPSA) is 94.4 Å². The molecule has 1 heterocycles. The minimum Gasteiger partial charge on any atom is -0.497 e. The van der Waals surface area contributed by atoms with Crippen LogP contribution in [0.4, 0.5) is 10.8 Å². The maximum absolute atomic E-state index is 12.3. The molecule has 26 heavy (non-hydrogen) atoms. The number of rotatable bonds is 5. The Labute approximate surface area is 153 Å². The molecule has 3 aromatic rings. The van der Waals surface area contributed by atoms with Crippen LogP contribution in [0, 0.1) is 17.0 Å². The van der Waals surface area contributed by atoms with Crippen LogP contribution in [0.2, 0.25) is 0 Å². The summed E-state index contributed by atoms with van der Waals surface area (Å²) in [5.41, 5.74) is 1.76. The molecular formula is C18H15N3O4S. The number of hydrogen-bond acceptors (Lipinski definition) is 6. The summed E-state index contributed by atoms with van der Waals surface area (Å²) >= 11 is 1.34. The number of aryl methyl sites for hydroxylation is 1. The molecule has 0 aliphatic heterocycles. The molecular weight excluding hydrogens is 354 g/mol. The molecule has 0 bridgehead atoms. The van der Waals surface area contributed by atoms with Crippen LogP contribution in [0.25, 0.3) is 11.3 Å². The minimum absolute atomic E-state index is 0.133. The lowest BCUT2D eigenvalue weighted by molar-refractivity contribution is -0.384. The van der Waals surface area contributed by atoms with Crippen LogP contribution in [0.1, 0.15) is 15.2 Å². The van der Waals surface area contributed by atoms with Gasteiger partial charge in [-0.25, -0.2) is 4.98 Å². The summed E-state index contributed by atoms with van der Waals surface area (Å²) in [6, 6.07) is 13.0. The van der Waals surface area contributed by atoms with Crippen LogP contribution < -0.4 is 10.1 Å². The summed E-state index contributed by atoms with van der Waals surface area (Å²) < 4.78 is 5.15. The second kappa shape index (κ2) is 7.32. The highest BCUT2D eigenvalue weighted by molar-refractivity contribution is 7.16. The Kier molecular flexibility index (Phi) is 4.94. The zero-order valence-electron chi connectivity index (χ0n) is 14.1. The number of amides is 1. The Morgan fingerprint density at radius 3 is 2.62 bits per heavy atom. The number of carbonyl (C=O) groups excluding carboxylic acids is 1. The van der Waals surface area contributed by atoms with Gasteiger partial charge in [0.15, 0.2) is 5.13 Å². The van der Waals surface area contributed by atoms with Gasteiger partial charge in [-0.2, -0.15) is 0 Å². The van der Waals surface area contributed by atoms with Gasteiger partial charge in [0.05, 0.1) is 17.7 Å². The van der Waals surface area contributed by atoms with E-state index < -0.39 is 10.8 Å². The Morgan fingerprint density at radius 2 is 1.96 bits per heavy atom. The summed E-state index contributed by atoms with van der Waals surface area (Å²) in [5.74, 6) is 0.310. The molecule has 0 saturated carbocycles. The number of carbonyl (C=O) groups is 1. The van der Waals surface area contributed by atoms with Crippen LogP contribution >= 0.6 is 11.3 Å². The molecule has 1 amide bonds. The smallest absolute Gasteiger partial charge is 0.270 e. The van der Waals surface area contributed by atoms with Gasteiger partial charge in [0.2, 0.25) is 0 Å². The highest BCUT2D eigenvalue weighted by atomic mass is 32.1. The highest BCUT2D eigenvalue weighted by Crippen LogP contribution is 2.31. The van der Waals surface area contributed by atoms with E-state index in [1.165, 1.54) is 35.6 Å². The number of non-ortho nitro benzene ring substituents is 1. The summed E-state index contributed by atoms with van der Waals surface area (Å²) in [6.45, 7) is 1.92. The average Bonchev–Trinajstić information content (AvgIpc) is 3.02. The Hall–Kier alpha value is -3.26. The molecule has 2 aromatic carbocycles. The van der Waals surface area contributed by atoms with Crippen molar-refractivity contribution in [3.8, 4) is 17.0 Å². The number of nitro benzene ring substituents is 1. The van der Waals surface area contributed by atoms with Crippen LogP contribution in [0.15, 0.2) is 48.5 Å². The van der Waals surface area contributed by atoms with Crippen molar-refractivity contribution in [2.45, 2.75) is 6.92 Å². The molecule has 0 radical (unpaired) electrons. The summed E-state index contributed by atoms with van der Waals surface area (Å²) in [7, 11) is 1.60. The number of aromatic nitrogens is 1. The van der Waals surface area contributed by atoms with E-state index in [1.54, 1.807) is 7.11 Å². The zero-order valence-corrected chi connectivity index (χ0v) is 14.9. The van der Waals surface area contributed by atoms with E-state index >= 15 is 0 Å². The van der Waals surface area contributed by atoms with Gasteiger partial charge in [0, 0.05) is 28.1 Å². The summed E-state index contributed by atoms with van der Waals surface area (Å²) in [6.07, 6.45) is 0. The predicted octanol–water partition coefficient (Wildman–Crippen LogP) is 4.29. The molecule has 0 aliphatic carbocycles. The predicted molar refractivity (Wildman–Crippen MR) is 99.9 cm³/mol. The largest absolute Gasteiger partial charge is 0.497 e. The first kappa shape index (κ1) is 17.6. The number of nitrogens with one attached hydrogen (secondary N) is 1. The molecule has 0 unspecified atom stereocenters. The van der Waals surface area contributed by atoms with Gasteiger partial charge in [-0.05, 0) is 37.3 Å².